The maximum atomic E-state index is 5.32. The molecule has 5 nitrogen and oxygen atoms in total. The molecule has 1 saturated heterocycles. The summed E-state index contributed by atoms with van der Waals surface area (Å²) in [4.78, 5) is 12.7. The van der Waals surface area contributed by atoms with Gasteiger partial charge < -0.3 is 10.1 Å². The Morgan fingerprint density at radius 2 is 2.44 bits per heavy atom. The number of hydrogen-bond donors (Lipinski definition) is 1. The van der Waals surface area contributed by atoms with E-state index in [9.17, 15) is 0 Å². The van der Waals surface area contributed by atoms with Crippen LogP contribution < -0.4 is 5.32 Å². The third-order valence-corrected chi connectivity index (χ3v) is 2.53. The summed E-state index contributed by atoms with van der Waals surface area (Å²) in [5.74, 6) is 0.793. The number of hydrogen-bond acceptors (Lipinski definition) is 5. The van der Waals surface area contributed by atoms with Crippen LogP contribution in [0.25, 0.3) is 0 Å². The van der Waals surface area contributed by atoms with Crippen LogP contribution in [0.15, 0.2) is 11.3 Å². The highest BCUT2D eigenvalue weighted by atomic mass is 16.5. The second-order valence-corrected chi connectivity index (χ2v) is 3.75. The lowest BCUT2D eigenvalue weighted by atomic mass is 10.2. The molecule has 0 unspecified atom stereocenters. The van der Waals surface area contributed by atoms with E-state index in [1.54, 1.807) is 12.5 Å². The van der Waals surface area contributed by atoms with Crippen LogP contribution in [0.1, 0.15) is 19.0 Å². The molecular weight excluding hydrogens is 204 g/mol. The van der Waals surface area contributed by atoms with Crippen molar-refractivity contribution in [2.24, 2.45) is 4.99 Å². The van der Waals surface area contributed by atoms with Gasteiger partial charge in [-0.2, -0.15) is 0 Å². The maximum Gasteiger partial charge on any atom is 0.155 e. The first-order chi connectivity index (χ1) is 7.81. The van der Waals surface area contributed by atoms with E-state index in [0.29, 0.717) is 6.04 Å². The zero-order chi connectivity index (χ0) is 11.4. The van der Waals surface area contributed by atoms with Crippen molar-refractivity contribution in [2.75, 3.05) is 18.5 Å². The lowest BCUT2D eigenvalue weighted by Gasteiger charge is -2.13. The molecule has 0 radical (unpaired) electrons. The largest absolute Gasteiger partial charge is 0.379 e. The van der Waals surface area contributed by atoms with Crippen molar-refractivity contribution < 1.29 is 4.74 Å². The number of aryl methyl sites for hydroxylation is 1. The maximum absolute atomic E-state index is 5.32. The first-order valence-corrected chi connectivity index (χ1v) is 5.46. The van der Waals surface area contributed by atoms with Gasteiger partial charge in [-0.15, -0.1) is 0 Å². The van der Waals surface area contributed by atoms with Gasteiger partial charge in [-0.25, -0.2) is 9.97 Å². The highest BCUT2D eigenvalue weighted by molar-refractivity contribution is 5.70. The van der Waals surface area contributed by atoms with Gasteiger partial charge >= 0.3 is 0 Å². The first kappa shape index (κ1) is 11.0. The summed E-state index contributed by atoms with van der Waals surface area (Å²) < 4.78 is 5.32. The Bertz CT molecular complexity index is 386. The second-order valence-electron chi connectivity index (χ2n) is 3.75. The highest BCUT2D eigenvalue weighted by Gasteiger charge is 2.17. The fraction of sp³-hybridized carbons (Fsp3) is 0.545. The van der Waals surface area contributed by atoms with Gasteiger partial charge in [0.05, 0.1) is 18.3 Å². The summed E-state index contributed by atoms with van der Waals surface area (Å²) >= 11 is 0. The van der Waals surface area contributed by atoms with E-state index in [1.807, 2.05) is 13.8 Å². The molecule has 1 aromatic heterocycles. The van der Waals surface area contributed by atoms with Crippen LogP contribution in [-0.4, -0.2) is 35.4 Å². The molecule has 0 saturated carbocycles. The molecule has 1 aliphatic heterocycles. The minimum atomic E-state index is 0.333. The molecule has 1 aliphatic rings. The van der Waals surface area contributed by atoms with Crippen LogP contribution in [0.5, 0.6) is 0 Å². The fourth-order valence-corrected chi connectivity index (χ4v) is 1.70. The van der Waals surface area contributed by atoms with Crippen LogP contribution >= 0.6 is 0 Å². The van der Waals surface area contributed by atoms with E-state index >= 15 is 0 Å². The predicted molar refractivity (Wildman–Crippen MR) is 63.4 cm³/mol. The van der Waals surface area contributed by atoms with Crippen molar-refractivity contribution in [3.8, 4) is 0 Å². The van der Waals surface area contributed by atoms with Gasteiger partial charge in [-0.05, 0) is 20.3 Å². The Morgan fingerprint density at radius 3 is 3.12 bits per heavy atom. The normalized spacial score (nSPS) is 20.5. The number of aliphatic imine (C=N–C) groups is 1. The van der Waals surface area contributed by atoms with Gasteiger partial charge in [0.1, 0.15) is 12.0 Å². The first-order valence-electron chi connectivity index (χ1n) is 5.46. The third kappa shape index (κ3) is 2.36. The lowest BCUT2D eigenvalue weighted by Crippen LogP contribution is -2.20. The zero-order valence-electron chi connectivity index (χ0n) is 9.60. The number of aromatic nitrogens is 2. The van der Waals surface area contributed by atoms with Crippen molar-refractivity contribution in [3.63, 3.8) is 0 Å². The van der Waals surface area contributed by atoms with E-state index in [2.05, 4.69) is 20.3 Å². The fourth-order valence-electron chi connectivity index (χ4n) is 1.70. The Labute approximate surface area is 95.0 Å². The molecule has 5 heteroatoms. The molecule has 0 aliphatic carbocycles. The van der Waals surface area contributed by atoms with Gasteiger partial charge in [0.15, 0.2) is 5.82 Å². The van der Waals surface area contributed by atoms with Crippen molar-refractivity contribution in [3.05, 3.63) is 12.0 Å². The molecule has 0 amide bonds. The average Bonchev–Trinajstić information content (AvgIpc) is 2.76. The molecule has 0 spiro atoms. The van der Waals surface area contributed by atoms with Crippen molar-refractivity contribution in [1.29, 1.82) is 0 Å². The van der Waals surface area contributed by atoms with Crippen LogP contribution in [0.3, 0.4) is 0 Å². The van der Waals surface area contributed by atoms with Crippen LogP contribution in [0.4, 0.5) is 11.5 Å². The summed E-state index contributed by atoms with van der Waals surface area (Å²) in [6, 6.07) is 0.333. The predicted octanol–water partition coefficient (Wildman–Crippen LogP) is 1.71. The second kappa shape index (κ2) is 5.03. The van der Waals surface area contributed by atoms with E-state index in [1.165, 1.54) is 0 Å². The Balaban J connectivity index is 2.21. The molecule has 2 rings (SSSR count). The van der Waals surface area contributed by atoms with Crippen LogP contribution in [-0.2, 0) is 4.74 Å². The molecule has 1 fully saturated rings. The van der Waals surface area contributed by atoms with Gasteiger partial charge in [0.2, 0.25) is 0 Å². The minimum absolute atomic E-state index is 0.333. The summed E-state index contributed by atoms with van der Waals surface area (Å²) in [5.41, 5.74) is 1.70. The molecule has 0 aromatic carbocycles. The van der Waals surface area contributed by atoms with Gasteiger partial charge in [0, 0.05) is 12.8 Å². The number of rotatable bonds is 3. The Morgan fingerprint density at radius 1 is 1.56 bits per heavy atom. The summed E-state index contributed by atoms with van der Waals surface area (Å²) in [5, 5.41) is 3.35. The molecule has 86 valence electrons. The van der Waals surface area contributed by atoms with Crippen molar-refractivity contribution in [2.45, 2.75) is 26.3 Å². The van der Waals surface area contributed by atoms with Gasteiger partial charge in [-0.3, -0.25) is 4.99 Å². The van der Waals surface area contributed by atoms with E-state index in [0.717, 1.165) is 36.8 Å². The Kier molecular flexibility index (Phi) is 3.46. The van der Waals surface area contributed by atoms with Crippen molar-refractivity contribution in [1.82, 2.24) is 9.97 Å². The van der Waals surface area contributed by atoms with E-state index in [-0.39, 0.29) is 0 Å². The SMILES string of the molecule is CC=Nc1c(C)ncnc1N[C@@H]1CCOC1. The monoisotopic (exact) mass is 220 g/mol. The molecule has 1 N–H and O–H groups in total. The van der Waals surface area contributed by atoms with Crippen LogP contribution in [0, 0.1) is 6.92 Å². The summed E-state index contributed by atoms with van der Waals surface area (Å²) in [6.07, 6.45) is 4.32. The Hall–Kier alpha value is -1.49. The average molecular weight is 220 g/mol. The number of ether oxygens (including phenoxy) is 1. The van der Waals surface area contributed by atoms with Crippen molar-refractivity contribution >= 4 is 17.7 Å². The number of nitrogens with zero attached hydrogens (tertiary/aromatic N) is 3. The molecule has 0 bridgehead atoms. The lowest BCUT2D eigenvalue weighted by molar-refractivity contribution is 0.195. The minimum Gasteiger partial charge on any atom is -0.379 e. The number of nitrogens with one attached hydrogen (secondary N) is 1. The van der Waals surface area contributed by atoms with E-state index in [4.69, 9.17) is 4.74 Å². The quantitative estimate of drug-likeness (QED) is 0.788. The molecular formula is C11H16N4O. The molecule has 1 aromatic rings. The standard InChI is InChI=1S/C11H16N4O/c1-3-12-10-8(2)13-7-14-11(10)15-9-4-5-16-6-9/h3,7,9H,4-6H2,1-2H3,(H,13,14,15)/t9-/m1/s1. The smallest absolute Gasteiger partial charge is 0.155 e. The third-order valence-electron chi connectivity index (χ3n) is 2.53. The summed E-state index contributed by atoms with van der Waals surface area (Å²) in [6.45, 7) is 5.36. The molecule has 1 atom stereocenters. The molecule has 2 heterocycles. The summed E-state index contributed by atoms with van der Waals surface area (Å²) in [7, 11) is 0. The zero-order valence-corrected chi connectivity index (χ0v) is 9.60. The topological polar surface area (TPSA) is 59.4 Å². The highest BCUT2D eigenvalue weighted by Crippen LogP contribution is 2.26. The molecule has 16 heavy (non-hydrogen) atoms. The van der Waals surface area contributed by atoms with Gasteiger partial charge in [0.25, 0.3) is 0 Å². The van der Waals surface area contributed by atoms with Gasteiger partial charge in [-0.1, -0.05) is 0 Å². The van der Waals surface area contributed by atoms with E-state index < -0.39 is 0 Å². The number of anilines is 1. The van der Waals surface area contributed by atoms with Crippen LogP contribution in [0.2, 0.25) is 0 Å².